The molecule has 72 heavy (non-hydrogen) atoms. The molecule has 2 aromatic heterocycles. The molecule has 6 atom stereocenters. The summed E-state index contributed by atoms with van der Waals surface area (Å²) >= 11 is 8.25. The number of hydrogen-bond acceptors (Lipinski definition) is 14. The van der Waals surface area contributed by atoms with Gasteiger partial charge in [0.2, 0.25) is 0 Å². The third kappa shape index (κ3) is 13.1. The standard InChI is InChI=1S/C53H66N7O7PSi.S3/c1-36(2)60(37(3)4)68(64-32-18-31-54)66-47-46(67-69(10,11)52(6,7)8)44(65-51(47)59-35-57-45-48(55-34-56-49(45)59)58-50(61)39-19-14-12-15-20-39)33-63-53(40-21-16-13-17-22-40,41-25-23-38(5)24-26-41)42-27-29-43(62-9)30-28-42;1-3-2/h12-17,19-30,34-37,44,46-47,51H,18,32-33H2,1-11H3,(H,55,56,58,61);/t44-,46?,47+,51-,53?,68?;/m1./s1. The van der Waals surface area contributed by atoms with Crippen LogP contribution in [0.25, 0.3) is 11.2 Å². The summed E-state index contributed by atoms with van der Waals surface area (Å²) in [5.41, 5.74) is 3.98. The number of amides is 1. The zero-order valence-corrected chi connectivity index (χ0v) is 47.2. The number of carbonyl (C=O) groups excluding carboxylic acids is 1. The Morgan fingerprint density at radius 2 is 1.47 bits per heavy atom. The molecule has 1 saturated heterocycles. The molecule has 0 radical (unpaired) electrons. The first kappa shape index (κ1) is 56.6. The van der Waals surface area contributed by atoms with Gasteiger partial charge in [0.05, 0.1) is 39.1 Å². The molecule has 1 aliphatic rings. The van der Waals surface area contributed by atoms with Crippen LogP contribution in [0.15, 0.2) is 122 Å². The molecule has 19 heteroatoms. The molecule has 3 heterocycles. The predicted molar refractivity (Wildman–Crippen MR) is 294 cm³/mol. The molecule has 0 saturated carbocycles. The number of carbonyl (C=O) groups is 1. The zero-order chi connectivity index (χ0) is 52.2. The van der Waals surface area contributed by atoms with E-state index in [9.17, 15) is 10.1 Å². The Hall–Kier alpha value is -4.74. The molecule has 7 rings (SSSR count). The van der Waals surface area contributed by atoms with Crippen LogP contribution in [0.4, 0.5) is 5.82 Å². The van der Waals surface area contributed by atoms with Gasteiger partial charge in [0.1, 0.15) is 36.0 Å². The molecule has 4 aromatic carbocycles. The Kier molecular flexibility index (Phi) is 20.0. The third-order valence-corrected chi connectivity index (χ3v) is 19.5. The molecule has 6 aromatic rings. The number of rotatable bonds is 20. The average Bonchev–Trinajstić information content (AvgIpc) is 3.93. The largest absolute Gasteiger partial charge is 0.497 e. The molecule has 3 unspecified atom stereocenters. The summed E-state index contributed by atoms with van der Waals surface area (Å²) in [4.78, 5) is 27.5. The summed E-state index contributed by atoms with van der Waals surface area (Å²) in [6.07, 6.45) is 0.0393. The molecule has 0 spiro atoms. The number of nitrogens with zero attached hydrogens (tertiary/aromatic N) is 6. The van der Waals surface area contributed by atoms with Gasteiger partial charge in [-0.3, -0.25) is 9.36 Å². The summed E-state index contributed by atoms with van der Waals surface area (Å²) in [5.74, 6) is 0.632. The van der Waals surface area contributed by atoms with E-state index in [4.69, 9.17) is 37.7 Å². The lowest BCUT2D eigenvalue weighted by Crippen LogP contribution is -2.51. The van der Waals surface area contributed by atoms with E-state index in [-0.39, 0.29) is 48.5 Å². The summed E-state index contributed by atoms with van der Waals surface area (Å²) < 4.78 is 46.2. The van der Waals surface area contributed by atoms with E-state index in [1.165, 1.54) is 6.33 Å². The lowest BCUT2D eigenvalue weighted by atomic mass is 9.79. The fraction of sp³-hybridized carbons (Fsp3) is 0.415. The van der Waals surface area contributed by atoms with Gasteiger partial charge in [0, 0.05) is 48.9 Å². The number of nitrogens with one attached hydrogen (secondary N) is 1. The summed E-state index contributed by atoms with van der Waals surface area (Å²) in [6.45, 7) is 21.8. The summed E-state index contributed by atoms with van der Waals surface area (Å²) in [6, 6.07) is 37.8. The molecular weight excluding hydrogens is 1000 g/mol. The first-order valence-electron chi connectivity index (χ1n) is 23.9. The minimum absolute atomic E-state index is 0.0148. The Labute approximate surface area is 439 Å². The number of hydrogen-bond donors (Lipinski definition) is 1. The van der Waals surface area contributed by atoms with Gasteiger partial charge in [-0.15, -0.1) is 0 Å². The van der Waals surface area contributed by atoms with Gasteiger partial charge in [-0.1, -0.05) is 111 Å². The van der Waals surface area contributed by atoms with E-state index in [0.717, 1.165) is 36.9 Å². The Morgan fingerprint density at radius 1 is 0.889 bits per heavy atom. The van der Waals surface area contributed by atoms with Crippen molar-refractivity contribution in [3.05, 3.63) is 150 Å². The number of anilines is 1. The maximum Gasteiger partial charge on any atom is 0.259 e. The van der Waals surface area contributed by atoms with Crippen LogP contribution in [0, 0.1) is 18.3 Å². The number of imidazole rings is 1. The van der Waals surface area contributed by atoms with Crippen LogP contribution in [0.3, 0.4) is 0 Å². The smallest absolute Gasteiger partial charge is 0.259 e. The van der Waals surface area contributed by atoms with E-state index < -0.39 is 47.0 Å². The van der Waals surface area contributed by atoms with Crippen molar-refractivity contribution in [3.8, 4) is 11.8 Å². The third-order valence-electron chi connectivity index (χ3n) is 12.9. The van der Waals surface area contributed by atoms with Crippen LogP contribution in [0.2, 0.25) is 18.1 Å². The molecular formula is C53H66N7O7PS3Si. The number of methoxy groups -OCH3 is 1. The van der Waals surface area contributed by atoms with Crippen molar-refractivity contribution in [2.24, 2.45) is 0 Å². The van der Waals surface area contributed by atoms with Crippen molar-refractivity contribution in [3.63, 3.8) is 0 Å². The van der Waals surface area contributed by atoms with E-state index in [2.05, 4.69) is 148 Å². The van der Waals surface area contributed by atoms with Crippen molar-refractivity contribution in [2.45, 2.75) is 122 Å². The number of aryl methyl sites for hydroxylation is 1. The van der Waals surface area contributed by atoms with Gasteiger partial charge in [-0.25, -0.2) is 19.6 Å². The van der Waals surface area contributed by atoms with E-state index in [1.807, 2.05) is 53.1 Å². The van der Waals surface area contributed by atoms with Crippen LogP contribution in [-0.4, -0.2) is 89.1 Å². The SMILES string of the molecule is COc1ccc(C(OC[C@H]2O[C@@H](n3cnc4c(NC(=O)c5ccccc5)ncnc43)[C@@H](OP(OCCC#N)N(C(C)C)C(C)C)C2O[Si](C)(C)C(C)(C)C)(c2ccccc2)c2ccc(C)cc2)cc1.S=S=S. The molecule has 0 bridgehead atoms. The van der Waals surface area contributed by atoms with Gasteiger partial charge >= 0.3 is 0 Å². The number of ether oxygens (including phenoxy) is 3. The minimum Gasteiger partial charge on any atom is -0.497 e. The predicted octanol–water partition coefficient (Wildman–Crippen LogP) is 11.3. The van der Waals surface area contributed by atoms with Crippen LogP contribution in [0.1, 0.15) is 93.7 Å². The van der Waals surface area contributed by atoms with Crippen LogP contribution < -0.4 is 10.1 Å². The Balaban J connectivity index is 0.00000275. The second kappa shape index (κ2) is 25.5. The fourth-order valence-corrected chi connectivity index (χ4v) is 11.4. The molecule has 382 valence electrons. The van der Waals surface area contributed by atoms with Crippen LogP contribution >= 0.6 is 8.53 Å². The first-order chi connectivity index (χ1) is 34.4. The van der Waals surface area contributed by atoms with Gasteiger partial charge < -0.3 is 33.0 Å². The van der Waals surface area contributed by atoms with Crippen molar-refractivity contribution >= 4 is 71.0 Å². The number of nitriles is 1. The quantitative estimate of drug-likeness (QED) is 0.0334. The minimum atomic E-state index is -2.64. The molecule has 1 aliphatic heterocycles. The van der Waals surface area contributed by atoms with Crippen LogP contribution in [-0.2, 0) is 59.8 Å². The fourth-order valence-electron chi connectivity index (χ4n) is 8.38. The van der Waals surface area contributed by atoms with Gasteiger partial charge in [0.15, 0.2) is 31.5 Å². The summed E-state index contributed by atoms with van der Waals surface area (Å²) in [7, 11) is -1.88. The number of benzene rings is 4. The van der Waals surface area contributed by atoms with Crippen molar-refractivity contribution in [1.82, 2.24) is 24.2 Å². The highest BCUT2D eigenvalue weighted by Crippen LogP contribution is 2.53. The zero-order valence-electron chi connectivity index (χ0n) is 42.8. The van der Waals surface area contributed by atoms with Crippen molar-refractivity contribution < 1.29 is 32.5 Å². The molecule has 0 aliphatic carbocycles. The number of fused-ring (bicyclic) bond motifs is 1. The van der Waals surface area contributed by atoms with E-state index >= 15 is 0 Å². The second-order valence-electron chi connectivity index (χ2n) is 19.4. The Bertz CT molecular complexity index is 2770. The second-order valence-corrected chi connectivity index (χ2v) is 27.3. The van der Waals surface area contributed by atoms with Gasteiger partial charge in [0.25, 0.3) is 14.4 Å². The van der Waals surface area contributed by atoms with Crippen molar-refractivity contribution in [1.29, 1.82) is 5.26 Å². The lowest BCUT2D eigenvalue weighted by molar-refractivity contribution is -0.0928. The number of aromatic nitrogens is 4. The monoisotopic (exact) mass is 1070 g/mol. The topological polar surface area (TPSA) is 155 Å². The summed E-state index contributed by atoms with van der Waals surface area (Å²) in [5, 5.41) is 12.4. The highest BCUT2D eigenvalue weighted by Gasteiger charge is 2.54. The maximum atomic E-state index is 13.5. The lowest BCUT2D eigenvalue weighted by Gasteiger charge is -2.43. The maximum absolute atomic E-state index is 13.5. The molecule has 1 fully saturated rings. The normalized spacial score (nSPS) is 18.3. The van der Waals surface area contributed by atoms with Crippen LogP contribution in [0.5, 0.6) is 5.75 Å². The molecule has 1 N–H and O–H groups in total. The highest BCUT2D eigenvalue weighted by atomic mass is 33.1. The first-order valence-corrected chi connectivity index (χ1v) is 30.6. The van der Waals surface area contributed by atoms with Gasteiger partial charge in [-0.05, 0) is 93.7 Å². The van der Waals surface area contributed by atoms with E-state index in [1.54, 1.807) is 37.7 Å². The Morgan fingerprint density at radius 3 is 2.04 bits per heavy atom. The van der Waals surface area contributed by atoms with Crippen molar-refractivity contribution in [2.75, 3.05) is 25.6 Å². The van der Waals surface area contributed by atoms with Gasteiger partial charge in [-0.2, -0.15) is 5.26 Å². The molecule has 1 amide bonds. The molecule has 14 nitrogen and oxygen atoms in total. The van der Waals surface area contributed by atoms with E-state index in [0.29, 0.717) is 16.7 Å². The highest BCUT2D eigenvalue weighted by molar-refractivity contribution is 8.37. The average molecular weight is 1070 g/mol.